The largest absolute Gasteiger partial charge is 0.490 e. The van der Waals surface area contributed by atoms with Crippen LogP contribution in [0.25, 0.3) is 0 Å². The van der Waals surface area contributed by atoms with Crippen molar-refractivity contribution in [1.82, 2.24) is 5.43 Å². The second-order valence-corrected chi connectivity index (χ2v) is 9.49. The van der Waals surface area contributed by atoms with Gasteiger partial charge in [0.1, 0.15) is 12.4 Å². The molecular formula is C28H26ClIN4O6. The average molecular weight is 677 g/mol. The lowest BCUT2D eigenvalue weighted by Crippen LogP contribution is -2.32. The number of nitrogens with zero attached hydrogens (tertiary/aromatic N) is 1. The van der Waals surface area contributed by atoms with Crippen LogP contribution in [0.15, 0.2) is 78.4 Å². The zero-order valence-corrected chi connectivity index (χ0v) is 24.3. The van der Waals surface area contributed by atoms with Gasteiger partial charge in [-0.1, -0.05) is 30.3 Å². The molecule has 3 rings (SSSR count). The number of carbonyl (C=O) groups excluding carboxylic acids is 3. The molecule has 0 aliphatic rings. The van der Waals surface area contributed by atoms with Crippen LogP contribution in [0.2, 0.25) is 5.02 Å². The Morgan fingerprint density at radius 1 is 0.975 bits per heavy atom. The molecule has 0 aromatic heterocycles. The van der Waals surface area contributed by atoms with Gasteiger partial charge in [-0.15, -0.1) is 0 Å². The number of hydrogen-bond acceptors (Lipinski definition) is 7. The summed E-state index contributed by atoms with van der Waals surface area (Å²) in [6.07, 6.45) is 2.98. The molecule has 3 amide bonds. The van der Waals surface area contributed by atoms with E-state index in [-0.39, 0.29) is 12.5 Å². The number of anilines is 2. The second kappa shape index (κ2) is 15.5. The van der Waals surface area contributed by atoms with Crippen molar-refractivity contribution >= 4 is 69.5 Å². The van der Waals surface area contributed by atoms with Gasteiger partial charge in [-0.05, 0) is 89.7 Å². The van der Waals surface area contributed by atoms with E-state index in [0.29, 0.717) is 56.0 Å². The Morgan fingerprint density at radius 3 is 2.45 bits per heavy atom. The smallest absolute Gasteiger partial charge is 0.329 e. The number of ether oxygens (including phenoxy) is 3. The maximum Gasteiger partial charge on any atom is 0.329 e. The molecule has 10 nitrogen and oxygen atoms in total. The van der Waals surface area contributed by atoms with Gasteiger partial charge in [-0.3, -0.25) is 14.4 Å². The van der Waals surface area contributed by atoms with Crippen molar-refractivity contribution in [2.24, 2.45) is 5.10 Å². The Morgan fingerprint density at radius 2 is 1.75 bits per heavy atom. The first-order valence-corrected chi connectivity index (χ1v) is 13.4. The molecule has 0 fully saturated rings. The maximum absolute atomic E-state index is 12.3. The van der Waals surface area contributed by atoms with E-state index < -0.39 is 11.8 Å². The highest BCUT2D eigenvalue weighted by atomic mass is 127. The summed E-state index contributed by atoms with van der Waals surface area (Å²) in [5, 5.41) is 9.56. The summed E-state index contributed by atoms with van der Waals surface area (Å²) in [4.78, 5) is 36.7. The molecule has 0 unspecified atom stereocenters. The molecule has 12 heteroatoms. The van der Waals surface area contributed by atoms with E-state index >= 15 is 0 Å². The van der Waals surface area contributed by atoms with Crippen molar-refractivity contribution in [3.8, 4) is 17.2 Å². The third kappa shape index (κ3) is 9.58. The van der Waals surface area contributed by atoms with E-state index in [9.17, 15) is 14.4 Å². The highest BCUT2D eigenvalue weighted by Crippen LogP contribution is 2.34. The number of hydrazone groups is 1. The lowest BCUT2D eigenvalue weighted by atomic mass is 10.2. The van der Waals surface area contributed by atoms with Crippen LogP contribution in [0.4, 0.5) is 11.4 Å². The van der Waals surface area contributed by atoms with Crippen LogP contribution in [0, 0.1) is 3.57 Å². The number of amides is 3. The topological polar surface area (TPSA) is 127 Å². The summed E-state index contributed by atoms with van der Waals surface area (Å²) in [5.41, 5.74) is 3.73. The molecule has 40 heavy (non-hydrogen) atoms. The second-order valence-electron chi connectivity index (χ2n) is 7.89. The number of carbonyl (C=O) groups is 3. The van der Waals surface area contributed by atoms with Gasteiger partial charge >= 0.3 is 11.8 Å². The molecule has 0 spiro atoms. The molecule has 0 radical (unpaired) electrons. The van der Waals surface area contributed by atoms with Crippen LogP contribution < -0.4 is 30.3 Å². The Labute approximate surface area is 249 Å². The number of hydrogen-bond donors (Lipinski definition) is 3. The fourth-order valence-electron chi connectivity index (χ4n) is 3.16. The first kappa shape index (κ1) is 30.4. The Bertz CT molecular complexity index is 1400. The molecule has 0 aliphatic heterocycles. The van der Waals surface area contributed by atoms with Gasteiger partial charge in [0.15, 0.2) is 18.1 Å². The normalized spacial score (nSPS) is 10.5. The van der Waals surface area contributed by atoms with Crippen LogP contribution in [0.1, 0.15) is 12.5 Å². The first-order chi connectivity index (χ1) is 19.3. The molecule has 208 valence electrons. The molecule has 3 N–H and O–H groups in total. The summed E-state index contributed by atoms with van der Waals surface area (Å²) in [6, 6.07) is 16.7. The van der Waals surface area contributed by atoms with Gasteiger partial charge in [0.05, 0.1) is 16.4 Å². The lowest BCUT2D eigenvalue weighted by molar-refractivity contribution is -0.136. The van der Waals surface area contributed by atoms with Gasteiger partial charge in [-0.2, -0.15) is 5.10 Å². The molecule has 0 bridgehead atoms. The molecule has 3 aromatic rings. The van der Waals surface area contributed by atoms with Crippen LogP contribution in [-0.2, 0) is 14.4 Å². The summed E-state index contributed by atoms with van der Waals surface area (Å²) < 4.78 is 17.4. The van der Waals surface area contributed by atoms with Crippen LogP contribution in [-0.4, -0.2) is 43.8 Å². The zero-order chi connectivity index (χ0) is 28.9. The van der Waals surface area contributed by atoms with Gasteiger partial charge in [0, 0.05) is 16.4 Å². The standard InChI is InChI=1S/C28H26ClIN4O6/c1-3-12-39-22-10-8-20(9-11-22)33-27(36)28(37)34-31-16-18-13-23(30)26(24(14-18)38-4-2)40-17-25(35)32-21-7-5-6-19(29)15-21/h3,5-11,13-16H,1,4,12,17H2,2H3,(H,32,35)(H,33,36)(H,34,37)/b31-16-. The summed E-state index contributed by atoms with van der Waals surface area (Å²) >= 11 is 7.99. The number of halogens is 2. The van der Waals surface area contributed by atoms with Gasteiger partial charge in [0.25, 0.3) is 5.91 Å². The van der Waals surface area contributed by atoms with Crippen molar-refractivity contribution in [3.63, 3.8) is 0 Å². The van der Waals surface area contributed by atoms with Crippen molar-refractivity contribution in [2.45, 2.75) is 6.92 Å². The van der Waals surface area contributed by atoms with E-state index in [1.807, 2.05) is 29.5 Å². The van der Waals surface area contributed by atoms with E-state index in [0.717, 1.165) is 0 Å². The van der Waals surface area contributed by atoms with Crippen molar-refractivity contribution in [2.75, 3.05) is 30.5 Å². The third-order valence-corrected chi connectivity index (χ3v) is 5.89. The van der Waals surface area contributed by atoms with E-state index in [2.05, 4.69) is 27.7 Å². The van der Waals surface area contributed by atoms with Gasteiger partial charge in [-0.25, -0.2) is 5.43 Å². The highest BCUT2D eigenvalue weighted by molar-refractivity contribution is 14.1. The summed E-state index contributed by atoms with van der Waals surface area (Å²) in [7, 11) is 0. The highest BCUT2D eigenvalue weighted by Gasteiger charge is 2.15. The third-order valence-electron chi connectivity index (χ3n) is 4.85. The van der Waals surface area contributed by atoms with Gasteiger partial charge in [0.2, 0.25) is 0 Å². The summed E-state index contributed by atoms with van der Waals surface area (Å²) in [6.45, 7) is 5.83. The van der Waals surface area contributed by atoms with Crippen molar-refractivity contribution in [1.29, 1.82) is 0 Å². The molecule has 0 aliphatic carbocycles. The molecular weight excluding hydrogens is 651 g/mol. The Hall–Kier alpha value is -4.10. The van der Waals surface area contributed by atoms with E-state index in [4.69, 9.17) is 25.8 Å². The predicted octanol–water partition coefficient (Wildman–Crippen LogP) is 5.01. The molecule has 0 atom stereocenters. The minimum atomic E-state index is -0.950. The molecule has 0 saturated carbocycles. The van der Waals surface area contributed by atoms with Gasteiger partial charge < -0.3 is 24.8 Å². The molecule has 0 heterocycles. The Balaban J connectivity index is 1.57. The SMILES string of the molecule is C=CCOc1ccc(NC(=O)C(=O)N/N=C\c2cc(I)c(OCC(=O)Nc3cccc(Cl)c3)c(OCC)c2)cc1. The van der Waals surface area contributed by atoms with Crippen molar-refractivity contribution < 1.29 is 28.6 Å². The number of benzene rings is 3. The number of nitrogens with one attached hydrogen (secondary N) is 3. The van der Waals surface area contributed by atoms with Crippen LogP contribution in [0.5, 0.6) is 17.2 Å². The fraction of sp³-hybridized carbons (Fsp3) is 0.143. The average Bonchev–Trinajstić information content (AvgIpc) is 2.92. The van der Waals surface area contributed by atoms with E-state index in [1.54, 1.807) is 66.7 Å². The van der Waals surface area contributed by atoms with Crippen LogP contribution >= 0.6 is 34.2 Å². The fourth-order valence-corrected chi connectivity index (χ4v) is 4.13. The summed E-state index contributed by atoms with van der Waals surface area (Å²) in [5.74, 6) is -0.842. The Kier molecular flexibility index (Phi) is 11.8. The van der Waals surface area contributed by atoms with Crippen LogP contribution in [0.3, 0.4) is 0 Å². The van der Waals surface area contributed by atoms with E-state index in [1.165, 1.54) is 6.21 Å². The molecule has 3 aromatic carbocycles. The predicted molar refractivity (Wildman–Crippen MR) is 162 cm³/mol. The number of rotatable bonds is 12. The zero-order valence-electron chi connectivity index (χ0n) is 21.4. The minimum Gasteiger partial charge on any atom is -0.490 e. The van der Waals surface area contributed by atoms with Crippen molar-refractivity contribution in [3.05, 3.63) is 87.5 Å². The first-order valence-electron chi connectivity index (χ1n) is 11.9. The molecule has 0 saturated heterocycles. The minimum absolute atomic E-state index is 0.258. The lowest BCUT2D eigenvalue weighted by Gasteiger charge is -2.14. The monoisotopic (exact) mass is 676 g/mol. The maximum atomic E-state index is 12.3. The quantitative estimate of drug-likeness (QED) is 0.0814.